The van der Waals surface area contributed by atoms with Crippen molar-refractivity contribution in [3.63, 3.8) is 0 Å². The monoisotopic (exact) mass is 301 g/mol. The third-order valence-corrected chi connectivity index (χ3v) is 4.09. The molecule has 1 amide bonds. The highest BCUT2D eigenvalue weighted by atomic mass is 16.5. The van der Waals surface area contributed by atoms with E-state index in [0.29, 0.717) is 11.7 Å². The average Bonchev–Trinajstić information content (AvgIpc) is 3.27. The molecule has 1 aromatic carbocycles. The van der Waals surface area contributed by atoms with E-state index in [2.05, 4.69) is 10.5 Å². The highest BCUT2D eigenvalue weighted by Crippen LogP contribution is 2.32. The molecule has 0 spiro atoms. The van der Waals surface area contributed by atoms with Crippen molar-refractivity contribution in [2.24, 2.45) is 5.92 Å². The quantitative estimate of drug-likeness (QED) is 0.912. The molecule has 1 heterocycles. The highest BCUT2D eigenvalue weighted by molar-refractivity contribution is 5.77. The van der Waals surface area contributed by atoms with E-state index in [9.17, 15) is 9.59 Å². The lowest BCUT2D eigenvalue weighted by Gasteiger charge is -2.13. The van der Waals surface area contributed by atoms with Gasteiger partial charge in [-0.2, -0.15) is 0 Å². The summed E-state index contributed by atoms with van der Waals surface area (Å²) in [5, 5.41) is 6.75. The molecule has 6 nitrogen and oxygen atoms in total. The summed E-state index contributed by atoms with van der Waals surface area (Å²) in [6.45, 7) is 3.84. The van der Waals surface area contributed by atoms with Gasteiger partial charge in [-0.05, 0) is 38.2 Å². The molecule has 1 fully saturated rings. The van der Waals surface area contributed by atoms with Crippen LogP contribution < -0.4 is 11.1 Å². The van der Waals surface area contributed by atoms with Crippen molar-refractivity contribution in [2.45, 2.75) is 39.3 Å². The molecular formula is C16H19N3O3. The molecule has 22 heavy (non-hydrogen) atoms. The molecule has 1 aromatic heterocycles. The van der Waals surface area contributed by atoms with E-state index in [1.807, 2.05) is 38.1 Å². The second-order valence-corrected chi connectivity index (χ2v) is 5.87. The van der Waals surface area contributed by atoms with E-state index in [-0.39, 0.29) is 18.5 Å². The molecule has 1 atom stereocenters. The van der Waals surface area contributed by atoms with Crippen molar-refractivity contribution in [3.05, 3.63) is 40.4 Å². The van der Waals surface area contributed by atoms with Gasteiger partial charge >= 0.3 is 5.76 Å². The molecular weight excluding hydrogens is 282 g/mol. The summed E-state index contributed by atoms with van der Waals surface area (Å²) >= 11 is 0. The third-order valence-electron chi connectivity index (χ3n) is 4.09. The number of hydrogen-bond donors (Lipinski definition) is 1. The van der Waals surface area contributed by atoms with Crippen molar-refractivity contribution in [2.75, 3.05) is 0 Å². The van der Waals surface area contributed by atoms with E-state index < -0.39 is 5.76 Å². The van der Waals surface area contributed by atoms with E-state index >= 15 is 0 Å². The Morgan fingerprint density at radius 1 is 1.45 bits per heavy atom. The first-order valence-corrected chi connectivity index (χ1v) is 7.48. The van der Waals surface area contributed by atoms with Gasteiger partial charge in [-0.25, -0.2) is 9.36 Å². The molecule has 1 aliphatic rings. The number of aryl methyl sites for hydroxylation is 1. The van der Waals surface area contributed by atoms with Crippen molar-refractivity contribution < 1.29 is 9.32 Å². The van der Waals surface area contributed by atoms with Gasteiger partial charge in [0.15, 0.2) is 5.82 Å². The normalized spacial score (nSPS) is 15.5. The number of rotatable bonds is 5. The van der Waals surface area contributed by atoms with E-state index in [0.717, 1.165) is 24.0 Å². The molecule has 1 N–H and O–H groups in total. The highest BCUT2D eigenvalue weighted by Gasteiger charge is 2.29. The SMILES string of the molecule is Cc1ccccc1-c1noc(=O)n1CC(=O)N[C@@H](C)C1CC1. The van der Waals surface area contributed by atoms with Crippen LogP contribution in [0.15, 0.2) is 33.6 Å². The van der Waals surface area contributed by atoms with Gasteiger partial charge in [0, 0.05) is 11.6 Å². The molecule has 116 valence electrons. The summed E-state index contributed by atoms with van der Waals surface area (Å²) in [6.07, 6.45) is 2.31. The van der Waals surface area contributed by atoms with Gasteiger partial charge in [-0.1, -0.05) is 29.4 Å². The lowest BCUT2D eigenvalue weighted by molar-refractivity contribution is -0.122. The summed E-state index contributed by atoms with van der Waals surface area (Å²) < 4.78 is 6.02. The number of carbonyl (C=O) groups excluding carboxylic acids is 1. The largest absolute Gasteiger partial charge is 0.442 e. The predicted octanol–water partition coefficient (Wildman–Crippen LogP) is 1.73. The Kier molecular flexibility index (Phi) is 3.83. The average molecular weight is 301 g/mol. The second kappa shape index (κ2) is 5.79. The predicted molar refractivity (Wildman–Crippen MR) is 81.3 cm³/mol. The van der Waals surface area contributed by atoms with Crippen molar-refractivity contribution >= 4 is 5.91 Å². The number of carbonyl (C=O) groups is 1. The van der Waals surface area contributed by atoms with E-state index in [1.165, 1.54) is 4.57 Å². The maximum absolute atomic E-state index is 12.1. The van der Waals surface area contributed by atoms with E-state index in [4.69, 9.17) is 4.52 Å². The lowest BCUT2D eigenvalue weighted by atomic mass is 10.1. The minimum atomic E-state index is -0.618. The first-order valence-electron chi connectivity index (χ1n) is 7.48. The molecule has 0 saturated heterocycles. The summed E-state index contributed by atoms with van der Waals surface area (Å²) in [7, 11) is 0. The van der Waals surface area contributed by atoms with Gasteiger partial charge in [0.2, 0.25) is 5.91 Å². The first-order chi connectivity index (χ1) is 10.6. The zero-order valence-electron chi connectivity index (χ0n) is 12.7. The van der Waals surface area contributed by atoms with Gasteiger partial charge < -0.3 is 5.32 Å². The number of amides is 1. The Morgan fingerprint density at radius 2 is 2.18 bits per heavy atom. The molecule has 1 aliphatic carbocycles. The molecule has 1 saturated carbocycles. The fraction of sp³-hybridized carbons (Fsp3) is 0.438. The summed E-state index contributed by atoms with van der Waals surface area (Å²) in [4.78, 5) is 24.0. The van der Waals surface area contributed by atoms with Gasteiger partial charge in [0.25, 0.3) is 0 Å². The standard InChI is InChI=1S/C16H19N3O3/c1-10-5-3-4-6-13(10)15-18-22-16(21)19(15)9-14(20)17-11(2)12-7-8-12/h3-6,11-12H,7-9H2,1-2H3,(H,17,20)/t11-/m0/s1. The Morgan fingerprint density at radius 3 is 2.86 bits per heavy atom. The van der Waals surface area contributed by atoms with Gasteiger partial charge in [-0.3, -0.25) is 9.32 Å². The third kappa shape index (κ3) is 2.95. The topological polar surface area (TPSA) is 77.1 Å². The van der Waals surface area contributed by atoms with Crippen molar-refractivity contribution in [1.82, 2.24) is 15.0 Å². The van der Waals surface area contributed by atoms with Crippen molar-refractivity contribution in [1.29, 1.82) is 0 Å². The molecule has 3 rings (SSSR count). The van der Waals surface area contributed by atoms with Crippen LogP contribution in [0.3, 0.4) is 0 Å². The van der Waals surface area contributed by atoms with Gasteiger partial charge in [0.05, 0.1) is 0 Å². The summed E-state index contributed by atoms with van der Waals surface area (Å²) in [5.41, 5.74) is 1.76. The van der Waals surface area contributed by atoms with Gasteiger partial charge in [0.1, 0.15) is 6.54 Å². The molecule has 0 unspecified atom stereocenters. The smallest absolute Gasteiger partial charge is 0.352 e. The van der Waals surface area contributed by atoms with Crippen LogP contribution in [-0.4, -0.2) is 21.7 Å². The first kappa shape index (κ1) is 14.6. The number of benzene rings is 1. The van der Waals surface area contributed by atoms with E-state index in [1.54, 1.807) is 0 Å². The van der Waals surface area contributed by atoms with Gasteiger partial charge in [-0.15, -0.1) is 0 Å². The fourth-order valence-electron chi connectivity index (χ4n) is 2.58. The molecule has 2 aromatic rings. The number of hydrogen-bond acceptors (Lipinski definition) is 4. The molecule has 0 radical (unpaired) electrons. The lowest BCUT2D eigenvalue weighted by Crippen LogP contribution is -2.38. The second-order valence-electron chi connectivity index (χ2n) is 5.87. The molecule has 0 bridgehead atoms. The van der Waals surface area contributed by atoms with Crippen LogP contribution in [0, 0.1) is 12.8 Å². The number of nitrogens with one attached hydrogen (secondary N) is 1. The van der Waals surface area contributed by atoms with Crippen LogP contribution in [0.5, 0.6) is 0 Å². The molecule has 0 aliphatic heterocycles. The minimum Gasteiger partial charge on any atom is -0.352 e. The Labute approximate surface area is 128 Å². The number of aromatic nitrogens is 2. The van der Waals surface area contributed by atoms with Crippen LogP contribution in [0.4, 0.5) is 0 Å². The minimum absolute atomic E-state index is 0.0803. The zero-order chi connectivity index (χ0) is 15.7. The van der Waals surface area contributed by atoms with Crippen LogP contribution >= 0.6 is 0 Å². The Balaban J connectivity index is 1.82. The Bertz CT molecular complexity index is 743. The van der Waals surface area contributed by atoms with Crippen LogP contribution in [0.25, 0.3) is 11.4 Å². The van der Waals surface area contributed by atoms with Crippen molar-refractivity contribution in [3.8, 4) is 11.4 Å². The number of nitrogens with zero attached hydrogens (tertiary/aromatic N) is 2. The summed E-state index contributed by atoms with van der Waals surface area (Å²) in [5.74, 6) is 0.142. The fourth-order valence-corrected chi connectivity index (χ4v) is 2.58. The van der Waals surface area contributed by atoms with Crippen LogP contribution in [0.1, 0.15) is 25.3 Å². The maximum atomic E-state index is 12.1. The molecule has 6 heteroatoms. The maximum Gasteiger partial charge on any atom is 0.442 e. The van der Waals surface area contributed by atoms with Crippen LogP contribution in [0.2, 0.25) is 0 Å². The summed E-state index contributed by atoms with van der Waals surface area (Å²) in [6, 6.07) is 7.69. The Hall–Kier alpha value is -2.37. The van der Waals surface area contributed by atoms with Crippen LogP contribution in [-0.2, 0) is 11.3 Å². The zero-order valence-corrected chi connectivity index (χ0v) is 12.7.